The maximum atomic E-state index is 7.00. The number of aromatic amines is 2. The number of nitrogens with one attached hydrogen (secondary N) is 2. The molecule has 5 heterocycles. The molecule has 0 unspecified atom stereocenters. The van der Waals surface area contributed by atoms with E-state index < -0.39 is 0 Å². The molecule has 0 amide bonds. The molecule has 10 N–H and O–H groups in total. The van der Waals surface area contributed by atoms with Crippen LogP contribution in [0.15, 0.2) is 72.8 Å². The highest BCUT2D eigenvalue weighted by Crippen LogP contribution is 2.48. The Labute approximate surface area is 382 Å². The van der Waals surface area contributed by atoms with Crippen LogP contribution in [0.25, 0.3) is 90.9 Å². The lowest BCUT2D eigenvalue weighted by atomic mass is 10.0. The highest BCUT2D eigenvalue weighted by Gasteiger charge is 2.26. The lowest BCUT2D eigenvalue weighted by molar-refractivity contribution is 1.31. The molecule has 298 valence electrons. The quantitative estimate of drug-likeness (QED) is 0.0963. The number of halogens is 8. The van der Waals surface area contributed by atoms with Gasteiger partial charge in [-0.15, -0.1) is 0 Å². The zero-order valence-electron chi connectivity index (χ0n) is 30.5. The SMILES string of the molecule is Nc1ccc(Cl)c(-c2c3nc(c(-c4c(Cl)ccc(N)c4Cl)c4ccc([nH]4)c(-c4c(Cl)ccc(N)c4Cl)c4nc(c(-c5c(Cl)ccc(N)c5Cl)c5ccc2[nH]5)C=C4)C=C3)c1Cl. The number of hydrogen-bond acceptors (Lipinski definition) is 6. The summed E-state index contributed by atoms with van der Waals surface area (Å²) >= 11 is 55.9. The number of rotatable bonds is 4. The number of nitrogens with two attached hydrogens (primary N) is 4. The zero-order valence-corrected chi connectivity index (χ0v) is 36.5. The molecule has 2 aliphatic rings. The van der Waals surface area contributed by atoms with Crippen molar-refractivity contribution in [2.75, 3.05) is 22.9 Å². The van der Waals surface area contributed by atoms with Gasteiger partial charge in [-0.1, -0.05) is 92.8 Å². The molecule has 4 aromatic carbocycles. The van der Waals surface area contributed by atoms with Gasteiger partial charge in [-0.25, -0.2) is 9.97 Å². The van der Waals surface area contributed by atoms with Crippen molar-refractivity contribution in [3.63, 3.8) is 0 Å². The van der Waals surface area contributed by atoms with Crippen LogP contribution in [0.4, 0.5) is 22.7 Å². The minimum Gasteiger partial charge on any atom is -0.398 e. The van der Waals surface area contributed by atoms with Gasteiger partial charge >= 0.3 is 0 Å². The number of nitrogens with zero attached hydrogens (tertiary/aromatic N) is 2. The Morgan fingerprint density at radius 1 is 0.300 bits per heavy atom. The standard InChI is InChI=1S/C44H26Cl8N8/c45-17-1-5-21(53)41(49)33(17)37-25-9-11-27(57-25)38(34-18(46)2-6-22(54)42(34)50)29-13-15-31(59-29)40(36-20(48)4-8-24(56)44(36)52)32-16-14-30(60-32)39(28-12-10-26(37)58-28)35-19(47)3-7-23(55)43(35)51/h1-16,57,60H,53-56H2. The number of nitrogen functional groups attached to an aromatic ring is 4. The molecule has 2 aliphatic heterocycles. The Bertz CT molecular complexity index is 2840. The normalized spacial score (nSPS) is 12.1. The molecule has 0 spiro atoms. The molecular formula is C44H26Cl8N8. The first-order valence-corrected chi connectivity index (χ1v) is 20.9. The number of aromatic nitrogens is 4. The van der Waals surface area contributed by atoms with Crippen molar-refractivity contribution in [3.8, 4) is 44.5 Å². The van der Waals surface area contributed by atoms with E-state index in [9.17, 15) is 0 Å². The van der Waals surface area contributed by atoms with E-state index >= 15 is 0 Å². The third-order valence-electron chi connectivity index (χ3n) is 10.2. The summed E-state index contributed by atoms with van der Waals surface area (Å²) in [6, 6.07) is 20.7. The van der Waals surface area contributed by atoms with Gasteiger partial charge in [0.15, 0.2) is 0 Å². The highest BCUT2D eigenvalue weighted by atomic mass is 35.5. The number of anilines is 4. The predicted molar refractivity (Wildman–Crippen MR) is 258 cm³/mol. The third-order valence-corrected chi connectivity index (χ3v) is 13.1. The van der Waals surface area contributed by atoms with Crippen molar-refractivity contribution < 1.29 is 0 Å². The van der Waals surface area contributed by atoms with E-state index in [1.165, 1.54) is 0 Å². The fourth-order valence-corrected chi connectivity index (χ4v) is 9.69. The minimum absolute atomic E-state index is 0.225. The smallest absolute Gasteiger partial charge is 0.0738 e. The lowest BCUT2D eigenvalue weighted by Crippen LogP contribution is -1.95. The van der Waals surface area contributed by atoms with Crippen LogP contribution in [0.5, 0.6) is 0 Å². The zero-order chi connectivity index (χ0) is 42.3. The predicted octanol–water partition coefficient (Wildman–Crippen LogP) is 14.9. The maximum Gasteiger partial charge on any atom is 0.0738 e. The van der Waals surface area contributed by atoms with Gasteiger partial charge in [0.1, 0.15) is 0 Å². The van der Waals surface area contributed by atoms with Gasteiger partial charge in [0.05, 0.1) is 85.7 Å². The fraction of sp³-hybridized carbons (Fsp3) is 0. The van der Waals surface area contributed by atoms with Gasteiger partial charge in [0, 0.05) is 66.6 Å². The Morgan fingerprint density at radius 3 is 0.733 bits per heavy atom. The largest absolute Gasteiger partial charge is 0.398 e. The minimum atomic E-state index is 0.225. The first-order valence-electron chi connectivity index (χ1n) is 17.8. The first-order chi connectivity index (χ1) is 28.7. The molecule has 16 heteroatoms. The van der Waals surface area contributed by atoms with Gasteiger partial charge < -0.3 is 32.9 Å². The van der Waals surface area contributed by atoms with E-state index in [-0.39, 0.29) is 20.1 Å². The monoisotopic (exact) mass is 946 g/mol. The molecule has 7 aromatic rings. The van der Waals surface area contributed by atoms with Gasteiger partial charge in [-0.3, -0.25) is 0 Å². The van der Waals surface area contributed by atoms with Gasteiger partial charge in [0.25, 0.3) is 0 Å². The third kappa shape index (κ3) is 6.63. The Balaban J connectivity index is 1.56. The summed E-state index contributed by atoms with van der Waals surface area (Å²) in [4.78, 5) is 17.6. The molecular weight excluding hydrogens is 924 g/mol. The summed E-state index contributed by atoms with van der Waals surface area (Å²) in [5.41, 5.74) is 34.8. The number of H-pyrrole nitrogens is 2. The average molecular weight is 950 g/mol. The lowest BCUT2D eigenvalue weighted by Gasteiger charge is -2.13. The molecule has 9 rings (SSSR count). The van der Waals surface area contributed by atoms with Crippen molar-refractivity contribution >= 4 is 162 Å². The van der Waals surface area contributed by atoms with Crippen molar-refractivity contribution in [2.45, 2.75) is 0 Å². The molecule has 0 radical (unpaired) electrons. The Morgan fingerprint density at radius 2 is 0.517 bits per heavy atom. The summed E-state index contributed by atoms with van der Waals surface area (Å²) in [6.45, 7) is 0. The van der Waals surface area contributed by atoms with Crippen molar-refractivity contribution in [1.82, 2.24) is 19.9 Å². The molecule has 0 fully saturated rings. The van der Waals surface area contributed by atoms with E-state index in [0.717, 1.165) is 0 Å². The summed E-state index contributed by atoms with van der Waals surface area (Å²) < 4.78 is 0. The summed E-state index contributed by atoms with van der Waals surface area (Å²) in [5, 5.41) is 2.21. The van der Waals surface area contributed by atoms with E-state index in [1.807, 2.05) is 48.6 Å². The number of benzene rings is 4. The Hall–Kier alpha value is -5.00. The molecule has 0 saturated carbocycles. The first kappa shape index (κ1) is 40.4. The molecule has 0 saturated heterocycles. The van der Waals surface area contributed by atoms with Crippen LogP contribution >= 0.6 is 92.8 Å². The van der Waals surface area contributed by atoms with Crippen molar-refractivity contribution in [2.24, 2.45) is 0 Å². The van der Waals surface area contributed by atoms with Crippen LogP contribution in [0.1, 0.15) is 22.8 Å². The molecule has 0 aliphatic carbocycles. The van der Waals surface area contributed by atoms with Gasteiger partial charge in [-0.2, -0.15) is 0 Å². The summed E-state index contributed by atoms with van der Waals surface area (Å²) in [5.74, 6) is 0. The maximum absolute atomic E-state index is 7.00. The molecule has 8 nitrogen and oxygen atoms in total. The second kappa shape index (κ2) is 15.5. The van der Waals surface area contributed by atoms with Crippen molar-refractivity contribution in [1.29, 1.82) is 0 Å². The second-order valence-electron chi connectivity index (χ2n) is 13.8. The van der Waals surface area contributed by atoms with Crippen LogP contribution in [0, 0.1) is 0 Å². The van der Waals surface area contributed by atoms with E-state index in [4.69, 9.17) is 126 Å². The summed E-state index contributed by atoms with van der Waals surface area (Å²) in [7, 11) is 0. The van der Waals surface area contributed by atoms with Gasteiger partial charge in [-0.05, 0) is 97.1 Å². The van der Waals surface area contributed by atoms with Crippen LogP contribution in [0.3, 0.4) is 0 Å². The van der Waals surface area contributed by atoms with E-state index in [1.54, 1.807) is 48.5 Å². The number of fused-ring (bicyclic) bond motifs is 8. The average Bonchev–Trinajstić information content (AvgIpc) is 4.07. The molecule has 60 heavy (non-hydrogen) atoms. The van der Waals surface area contributed by atoms with Crippen LogP contribution < -0.4 is 22.9 Å². The molecule has 3 aromatic heterocycles. The van der Waals surface area contributed by atoms with Crippen LogP contribution in [0.2, 0.25) is 40.2 Å². The van der Waals surface area contributed by atoms with Crippen LogP contribution in [-0.2, 0) is 0 Å². The van der Waals surface area contributed by atoms with Gasteiger partial charge in [0.2, 0.25) is 0 Å². The Kier molecular flexibility index (Phi) is 10.4. The second-order valence-corrected chi connectivity index (χ2v) is 16.9. The van der Waals surface area contributed by atoms with E-state index in [2.05, 4.69) is 9.97 Å². The highest BCUT2D eigenvalue weighted by molar-refractivity contribution is 6.44. The van der Waals surface area contributed by atoms with Crippen molar-refractivity contribution in [3.05, 3.63) is 136 Å². The molecule has 0 atom stereocenters. The van der Waals surface area contributed by atoms with Crippen LogP contribution in [-0.4, -0.2) is 19.9 Å². The van der Waals surface area contributed by atoms with E-state index in [0.29, 0.717) is 132 Å². The number of hydrogen-bond donors (Lipinski definition) is 6. The summed E-state index contributed by atoms with van der Waals surface area (Å²) in [6.07, 6.45) is 7.34. The molecule has 8 bridgehead atoms. The fourth-order valence-electron chi connectivity index (χ4n) is 7.45. The topological polar surface area (TPSA) is 161 Å².